The SMILES string of the molecule is ON[C@@H]1C=C[C@H](n2cnc3c(NC4CC4)ncnc32)C1. The number of hydrogen-bond acceptors (Lipinski definition) is 6. The van der Waals surface area contributed by atoms with Gasteiger partial charge in [0.25, 0.3) is 0 Å². The van der Waals surface area contributed by atoms with E-state index in [1.165, 1.54) is 12.8 Å². The second kappa shape index (κ2) is 4.53. The van der Waals surface area contributed by atoms with Gasteiger partial charge >= 0.3 is 0 Å². The smallest absolute Gasteiger partial charge is 0.165 e. The molecule has 0 saturated heterocycles. The normalized spacial score (nSPS) is 25.4. The predicted octanol–water partition coefficient (Wildman–Crippen LogP) is 1.25. The van der Waals surface area contributed by atoms with Crippen LogP contribution in [0.4, 0.5) is 5.82 Å². The minimum absolute atomic E-state index is 0.0108. The maximum Gasteiger partial charge on any atom is 0.165 e. The topological polar surface area (TPSA) is 87.9 Å². The lowest BCUT2D eigenvalue weighted by Gasteiger charge is -2.12. The van der Waals surface area contributed by atoms with E-state index in [9.17, 15) is 0 Å². The van der Waals surface area contributed by atoms with E-state index in [2.05, 4.69) is 31.8 Å². The molecule has 1 saturated carbocycles. The number of rotatable bonds is 4. The van der Waals surface area contributed by atoms with E-state index in [1.54, 1.807) is 12.7 Å². The van der Waals surface area contributed by atoms with Crippen molar-refractivity contribution < 1.29 is 5.21 Å². The van der Waals surface area contributed by atoms with Gasteiger partial charge in [0, 0.05) is 6.04 Å². The summed E-state index contributed by atoms with van der Waals surface area (Å²) in [7, 11) is 0. The first-order valence-corrected chi connectivity index (χ1v) is 6.87. The Morgan fingerprint density at radius 2 is 2.10 bits per heavy atom. The van der Waals surface area contributed by atoms with Crippen LogP contribution in [0.2, 0.25) is 0 Å². The third kappa shape index (κ3) is 1.95. The minimum Gasteiger partial charge on any atom is -0.365 e. The summed E-state index contributed by atoms with van der Waals surface area (Å²) in [5, 5.41) is 12.4. The molecule has 2 heterocycles. The monoisotopic (exact) mass is 272 g/mol. The maximum atomic E-state index is 8.98. The van der Waals surface area contributed by atoms with Crippen molar-refractivity contribution in [2.45, 2.75) is 37.4 Å². The van der Waals surface area contributed by atoms with Gasteiger partial charge < -0.3 is 15.1 Å². The highest BCUT2D eigenvalue weighted by Crippen LogP contribution is 2.30. The Balaban J connectivity index is 1.69. The van der Waals surface area contributed by atoms with Crippen molar-refractivity contribution in [3.05, 3.63) is 24.8 Å². The first-order valence-electron chi connectivity index (χ1n) is 6.87. The van der Waals surface area contributed by atoms with Crippen LogP contribution < -0.4 is 10.8 Å². The molecule has 3 N–H and O–H groups in total. The molecule has 0 spiro atoms. The molecule has 0 aliphatic heterocycles. The molecule has 4 rings (SSSR count). The van der Waals surface area contributed by atoms with Crippen LogP contribution in [0, 0.1) is 0 Å². The average Bonchev–Trinajstić information content (AvgIpc) is 3.01. The van der Waals surface area contributed by atoms with Gasteiger partial charge in [0.1, 0.15) is 11.8 Å². The molecule has 7 heteroatoms. The number of allylic oxidation sites excluding steroid dienone is 1. The van der Waals surface area contributed by atoms with Gasteiger partial charge in [0.05, 0.1) is 18.4 Å². The van der Waals surface area contributed by atoms with E-state index in [-0.39, 0.29) is 12.1 Å². The van der Waals surface area contributed by atoms with Crippen molar-refractivity contribution in [2.24, 2.45) is 0 Å². The highest BCUT2D eigenvalue weighted by molar-refractivity contribution is 5.83. The highest BCUT2D eigenvalue weighted by Gasteiger charge is 2.25. The third-order valence-corrected chi connectivity index (χ3v) is 3.86. The van der Waals surface area contributed by atoms with Gasteiger partial charge in [-0.3, -0.25) is 0 Å². The van der Waals surface area contributed by atoms with Gasteiger partial charge in [-0.15, -0.1) is 0 Å². The molecule has 2 aromatic heterocycles. The molecule has 0 radical (unpaired) electrons. The number of imidazole rings is 1. The van der Waals surface area contributed by atoms with Crippen LogP contribution in [0.3, 0.4) is 0 Å². The zero-order valence-electron chi connectivity index (χ0n) is 10.9. The lowest BCUT2D eigenvalue weighted by molar-refractivity contribution is 0.139. The van der Waals surface area contributed by atoms with Crippen molar-refractivity contribution in [2.75, 3.05) is 5.32 Å². The van der Waals surface area contributed by atoms with E-state index in [4.69, 9.17) is 5.21 Å². The number of hydroxylamine groups is 1. The summed E-state index contributed by atoms with van der Waals surface area (Å²) in [6.07, 6.45) is 10.6. The van der Waals surface area contributed by atoms with E-state index in [0.717, 1.165) is 23.4 Å². The van der Waals surface area contributed by atoms with Gasteiger partial charge in [-0.2, -0.15) is 5.48 Å². The Morgan fingerprint density at radius 3 is 2.85 bits per heavy atom. The molecule has 0 bridgehead atoms. The van der Waals surface area contributed by atoms with Gasteiger partial charge in [-0.25, -0.2) is 15.0 Å². The Kier molecular flexibility index (Phi) is 2.68. The zero-order chi connectivity index (χ0) is 13.5. The first kappa shape index (κ1) is 11.8. The second-order valence-corrected chi connectivity index (χ2v) is 5.39. The van der Waals surface area contributed by atoms with E-state index in [1.807, 2.05) is 10.6 Å². The van der Waals surface area contributed by atoms with Gasteiger partial charge in [0.2, 0.25) is 0 Å². The zero-order valence-corrected chi connectivity index (χ0v) is 10.9. The Labute approximate surface area is 115 Å². The third-order valence-electron chi connectivity index (χ3n) is 3.86. The molecule has 104 valence electrons. The molecule has 2 aliphatic rings. The van der Waals surface area contributed by atoms with Gasteiger partial charge in [-0.05, 0) is 19.3 Å². The molecule has 0 unspecified atom stereocenters. The molecule has 20 heavy (non-hydrogen) atoms. The summed E-state index contributed by atoms with van der Waals surface area (Å²) in [4.78, 5) is 13.1. The number of hydrogen-bond donors (Lipinski definition) is 3. The Morgan fingerprint density at radius 1 is 1.20 bits per heavy atom. The molecule has 2 aliphatic carbocycles. The van der Waals surface area contributed by atoms with Crippen molar-refractivity contribution in [1.82, 2.24) is 25.0 Å². The minimum atomic E-state index is -0.0108. The molecular formula is C13H16N6O. The van der Waals surface area contributed by atoms with Gasteiger partial charge in [0.15, 0.2) is 11.5 Å². The number of anilines is 1. The summed E-state index contributed by atoms with van der Waals surface area (Å²) in [6.45, 7) is 0. The Bertz CT molecular complexity index is 662. The van der Waals surface area contributed by atoms with E-state index >= 15 is 0 Å². The molecular weight excluding hydrogens is 256 g/mol. The molecule has 7 nitrogen and oxygen atoms in total. The van der Waals surface area contributed by atoms with E-state index < -0.39 is 0 Å². The van der Waals surface area contributed by atoms with Crippen LogP contribution in [0.1, 0.15) is 25.3 Å². The van der Waals surface area contributed by atoms with Gasteiger partial charge in [-0.1, -0.05) is 12.2 Å². The lowest BCUT2D eigenvalue weighted by Crippen LogP contribution is -2.22. The van der Waals surface area contributed by atoms with Crippen molar-refractivity contribution in [1.29, 1.82) is 0 Å². The largest absolute Gasteiger partial charge is 0.365 e. The summed E-state index contributed by atoms with van der Waals surface area (Å²) in [5.41, 5.74) is 3.93. The fourth-order valence-electron chi connectivity index (χ4n) is 2.60. The Hall–Kier alpha value is -1.99. The molecule has 2 aromatic rings. The standard InChI is InChI=1S/C13H16N6O/c20-18-9-3-4-10(5-9)19-7-16-11-12(17-8-1-2-8)14-6-15-13(11)19/h3-4,6-10,18,20H,1-2,5H2,(H,14,15,17)/t9-,10+/m1/s1. The summed E-state index contributed by atoms with van der Waals surface area (Å²) in [5.74, 6) is 0.815. The number of aromatic nitrogens is 4. The second-order valence-electron chi connectivity index (χ2n) is 5.39. The van der Waals surface area contributed by atoms with Crippen molar-refractivity contribution >= 4 is 17.0 Å². The predicted molar refractivity (Wildman–Crippen MR) is 73.5 cm³/mol. The number of nitrogens with zero attached hydrogens (tertiary/aromatic N) is 4. The molecule has 0 amide bonds. The molecule has 2 atom stereocenters. The summed E-state index contributed by atoms with van der Waals surface area (Å²) in [6, 6.07) is 0.685. The average molecular weight is 272 g/mol. The summed E-state index contributed by atoms with van der Waals surface area (Å²) < 4.78 is 2.03. The van der Waals surface area contributed by atoms with Crippen LogP contribution >= 0.6 is 0 Å². The number of nitrogens with one attached hydrogen (secondary N) is 2. The quantitative estimate of drug-likeness (QED) is 0.573. The fraction of sp³-hybridized carbons (Fsp3) is 0.462. The van der Waals surface area contributed by atoms with Crippen LogP contribution in [0.15, 0.2) is 24.8 Å². The fourth-order valence-corrected chi connectivity index (χ4v) is 2.60. The van der Waals surface area contributed by atoms with E-state index in [0.29, 0.717) is 6.04 Å². The van der Waals surface area contributed by atoms with Crippen LogP contribution in [-0.2, 0) is 0 Å². The lowest BCUT2D eigenvalue weighted by atomic mass is 10.2. The first-order chi connectivity index (χ1) is 9.85. The molecule has 0 aromatic carbocycles. The van der Waals surface area contributed by atoms with Crippen LogP contribution in [0.25, 0.3) is 11.2 Å². The maximum absolute atomic E-state index is 8.98. The van der Waals surface area contributed by atoms with Crippen molar-refractivity contribution in [3.8, 4) is 0 Å². The summed E-state index contributed by atoms with van der Waals surface area (Å²) >= 11 is 0. The van der Waals surface area contributed by atoms with Crippen LogP contribution in [0.5, 0.6) is 0 Å². The molecule has 1 fully saturated rings. The highest BCUT2D eigenvalue weighted by atomic mass is 16.5. The van der Waals surface area contributed by atoms with Crippen LogP contribution in [-0.4, -0.2) is 36.8 Å². The van der Waals surface area contributed by atoms with Crippen molar-refractivity contribution in [3.63, 3.8) is 0 Å². The number of fused-ring (bicyclic) bond motifs is 1.